The van der Waals surface area contributed by atoms with Crippen molar-refractivity contribution >= 4 is 12.1 Å². The van der Waals surface area contributed by atoms with Gasteiger partial charge in [0.05, 0.1) is 0 Å². The Bertz CT molecular complexity index is 686. The van der Waals surface area contributed by atoms with Gasteiger partial charge in [0.25, 0.3) is 0 Å². The maximum atomic E-state index is 13.8. The fraction of sp³-hybridized carbons (Fsp3) is 0.600. The highest BCUT2D eigenvalue weighted by atomic mass is 19.1. The Morgan fingerprint density at radius 2 is 1.93 bits per heavy atom. The van der Waals surface area contributed by atoms with Gasteiger partial charge in [0.1, 0.15) is 17.2 Å². The fourth-order valence-electron chi connectivity index (χ4n) is 3.14. The summed E-state index contributed by atoms with van der Waals surface area (Å²) in [6, 6.07) is 2.74. The molecule has 3 amide bonds. The van der Waals surface area contributed by atoms with Crippen LogP contribution in [0.1, 0.15) is 46.1 Å². The molecule has 1 aromatic carbocycles. The molecule has 1 fully saturated rings. The van der Waals surface area contributed by atoms with Crippen LogP contribution in [0.5, 0.6) is 0 Å². The highest BCUT2D eigenvalue weighted by molar-refractivity contribution is 5.75. The first-order valence-electron chi connectivity index (χ1n) is 9.53. The lowest BCUT2D eigenvalue weighted by Crippen LogP contribution is -2.54. The molecular weight excluding hydrogens is 368 g/mol. The van der Waals surface area contributed by atoms with Gasteiger partial charge < -0.3 is 20.3 Å². The Morgan fingerprint density at radius 3 is 2.54 bits per heavy atom. The summed E-state index contributed by atoms with van der Waals surface area (Å²) < 4.78 is 32.8. The van der Waals surface area contributed by atoms with Gasteiger partial charge in [-0.05, 0) is 59.1 Å². The Morgan fingerprint density at radius 1 is 1.29 bits per heavy atom. The third-order valence-electron chi connectivity index (χ3n) is 4.37. The number of carbonyl (C=O) groups is 2. The highest BCUT2D eigenvalue weighted by Gasteiger charge is 2.27. The summed E-state index contributed by atoms with van der Waals surface area (Å²) in [6.07, 6.45) is 1.03. The third kappa shape index (κ3) is 6.65. The van der Waals surface area contributed by atoms with Crippen LogP contribution in [-0.2, 0) is 11.2 Å². The number of urea groups is 1. The molecule has 28 heavy (non-hydrogen) atoms. The molecule has 1 aromatic rings. The second-order valence-electron chi connectivity index (χ2n) is 8.19. The summed E-state index contributed by atoms with van der Waals surface area (Å²) in [5.41, 5.74) is -0.633. The minimum absolute atomic E-state index is 0.0431. The number of hydrogen-bond donors (Lipinski definition) is 2. The van der Waals surface area contributed by atoms with Crippen LogP contribution in [0.3, 0.4) is 0 Å². The van der Waals surface area contributed by atoms with Crippen molar-refractivity contribution in [2.75, 3.05) is 13.1 Å². The van der Waals surface area contributed by atoms with Crippen LogP contribution in [0.15, 0.2) is 18.2 Å². The minimum Gasteiger partial charge on any atom is -0.444 e. The van der Waals surface area contributed by atoms with Crippen molar-refractivity contribution in [3.63, 3.8) is 0 Å². The Hall–Kier alpha value is -2.38. The van der Waals surface area contributed by atoms with E-state index in [1.807, 2.05) is 0 Å². The van der Waals surface area contributed by atoms with E-state index in [1.54, 1.807) is 32.6 Å². The molecule has 2 rings (SSSR count). The molecule has 1 heterocycles. The number of piperidine rings is 1. The van der Waals surface area contributed by atoms with Gasteiger partial charge in [0.2, 0.25) is 0 Å². The molecule has 0 aliphatic carbocycles. The standard InChI is InChI=1S/C20H29F2N3O3/c1-13(11-15-16(21)8-5-9-17(15)22)23-18(26)25-10-6-7-14(12-25)24-19(27)28-20(2,3)4/h5,8-9,13-14H,6-7,10-12H2,1-4H3,(H,23,26)(H,24,27). The average molecular weight is 397 g/mol. The van der Waals surface area contributed by atoms with Gasteiger partial charge >= 0.3 is 12.1 Å². The van der Waals surface area contributed by atoms with E-state index in [0.29, 0.717) is 13.1 Å². The monoisotopic (exact) mass is 397 g/mol. The summed E-state index contributed by atoms with van der Waals surface area (Å²) in [4.78, 5) is 26.0. The van der Waals surface area contributed by atoms with Crippen LogP contribution in [0.4, 0.5) is 18.4 Å². The van der Waals surface area contributed by atoms with E-state index in [9.17, 15) is 18.4 Å². The molecule has 2 atom stereocenters. The van der Waals surface area contributed by atoms with Gasteiger partial charge in [-0.3, -0.25) is 0 Å². The Balaban J connectivity index is 1.87. The number of rotatable bonds is 4. The van der Waals surface area contributed by atoms with Gasteiger partial charge in [0, 0.05) is 30.7 Å². The van der Waals surface area contributed by atoms with Gasteiger partial charge in [-0.15, -0.1) is 0 Å². The van der Waals surface area contributed by atoms with E-state index in [4.69, 9.17) is 4.74 Å². The number of likely N-dealkylation sites (tertiary alicyclic amines) is 1. The van der Waals surface area contributed by atoms with Crippen LogP contribution in [-0.4, -0.2) is 47.8 Å². The number of nitrogens with zero attached hydrogens (tertiary/aromatic N) is 1. The number of carbonyl (C=O) groups excluding carboxylic acids is 2. The van der Waals surface area contributed by atoms with E-state index < -0.39 is 29.4 Å². The van der Waals surface area contributed by atoms with Crippen molar-refractivity contribution in [2.45, 2.75) is 64.6 Å². The number of amides is 3. The first-order valence-corrected chi connectivity index (χ1v) is 9.53. The normalized spacial score (nSPS) is 18.4. The first kappa shape index (κ1) is 21.9. The maximum Gasteiger partial charge on any atom is 0.407 e. The molecule has 0 aromatic heterocycles. The van der Waals surface area contributed by atoms with Crippen LogP contribution >= 0.6 is 0 Å². The quantitative estimate of drug-likeness (QED) is 0.816. The Kier molecular flexibility index (Phi) is 7.21. The summed E-state index contributed by atoms with van der Waals surface area (Å²) in [5.74, 6) is -1.25. The number of alkyl carbamates (subject to hydrolysis) is 1. The molecule has 156 valence electrons. The molecule has 1 aliphatic heterocycles. The van der Waals surface area contributed by atoms with Crippen molar-refractivity contribution in [3.05, 3.63) is 35.4 Å². The van der Waals surface area contributed by atoms with Crippen LogP contribution in [0.2, 0.25) is 0 Å². The zero-order chi connectivity index (χ0) is 20.9. The van der Waals surface area contributed by atoms with E-state index in [-0.39, 0.29) is 24.1 Å². The summed E-state index contributed by atoms with van der Waals surface area (Å²) >= 11 is 0. The molecule has 0 bridgehead atoms. The van der Waals surface area contributed by atoms with Crippen molar-refractivity contribution in [1.82, 2.24) is 15.5 Å². The van der Waals surface area contributed by atoms with Gasteiger partial charge in [-0.1, -0.05) is 6.07 Å². The first-order chi connectivity index (χ1) is 13.0. The topological polar surface area (TPSA) is 70.7 Å². The third-order valence-corrected chi connectivity index (χ3v) is 4.37. The average Bonchev–Trinajstić information content (AvgIpc) is 2.56. The zero-order valence-corrected chi connectivity index (χ0v) is 16.9. The molecule has 1 aliphatic rings. The number of ether oxygens (including phenoxy) is 1. The van der Waals surface area contributed by atoms with Crippen LogP contribution in [0.25, 0.3) is 0 Å². The summed E-state index contributed by atoms with van der Waals surface area (Å²) in [5, 5.41) is 5.56. The van der Waals surface area contributed by atoms with Crippen molar-refractivity contribution in [2.24, 2.45) is 0 Å². The van der Waals surface area contributed by atoms with Crippen LogP contribution in [0, 0.1) is 11.6 Å². The van der Waals surface area contributed by atoms with Gasteiger partial charge in [-0.25, -0.2) is 18.4 Å². The lowest BCUT2D eigenvalue weighted by atomic mass is 10.1. The molecule has 0 radical (unpaired) electrons. The molecule has 2 N–H and O–H groups in total. The highest BCUT2D eigenvalue weighted by Crippen LogP contribution is 2.15. The lowest BCUT2D eigenvalue weighted by Gasteiger charge is -2.34. The van der Waals surface area contributed by atoms with Gasteiger partial charge in [-0.2, -0.15) is 0 Å². The van der Waals surface area contributed by atoms with Crippen molar-refractivity contribution < 1.29 is 23.1 Å². The number of halogens is 2. The van der Waals surface area contributed by atoms with Crippen LogP contribution < -0.4 is 10.6 Å². The molecule has 0 saturated carbocycles. The van der Waals surface area contributed by atoms with E-state index in [2.05, 4.69) is 10.6 Å². The van der Waals surface area contributed by atoms with Crippen molar-refractivity contribution in [1.29, 1.82) is 0 Å². The predicted molar refractivity (Wildman–Crippen MR) is 102 cm³/mol. The number of hydrogen-bond acceptors (Lipinski definition) is 3. The van der Waals surface area contributed by atoms with E-state index in [0.717, 1.165) is 12.8 Å². The second kappa shape index (κ2) is 9.21. The SMILES string of the molecule is CC(Cc1c(F)cccc1F)NC(=O)N1CCCC(NC(=O)OC(C)(C)C)C1. The minimum atomic E-state index is -0.624. The number of nitrogens with one attached hydrogen (secondary N) is 2. The molecule has 6 nitrogen and oxygen atoms in total. The Labute approximate surface area is 164 Å². The summed E-state index contributed by atoms with van der Waals surface area (Å²) in [7, 11) is 0. The molecule has 2 unspecified atom stereocenters. The van der Waals surface area contributed by atoms with E-state index in [1.165, 1.54) is 18.2 Å². The molecule has 8 heteroatoms. The zero-order valence-electron chi connectivity index (χ0n) is 16.9. The maximum absolute atomic E-state index is 13.8. The lowest BCUT2D eigenvalue weighted by molar-refractivity contribution is 0.0479. The van der Waals surface area contributed by atoms with E-state index >= 15 is 0 Å². The summed E-state index contributed by atoms with van der Waals surface area (Å²) in [6.45, 7) is 7.96. The number of benzene rings is 1. The van der Waals surface area contributed by atoms with Crippen molar-refractivity contribution in [3.8, 4) is 0 Å². The predicted octanol–water partition coefficient (Wildman–Crippen LogP) is 3.59. The largest absolute Gasteiger partial charge is 0.444 e. The molecular formula is C20H29F2N3O3. The fourth-order valence-corrected chi connectivity index (χ4v) is 3.14. The second-order valence-corrected chi connectivity index (χ2v) is 8.19. The van der Waals surface area contributed by atoms with Gasteiger partial charge in [0.15, 0.2) is 0 Å². The molecule has 0 spiro atoms. The molecule has 1 saturated heterocycles. The smallest absolute Gasteiger partial charge is 0.407 e.